The van der Waals surface area contributed by atoms with E-state index in [1.54, 1.807) is 0 Å². The average molecular weight is 509 g/mol. The maximum absolute atomic E-state index is 11.7. The van der Waals surface area contributed by atoms with Crippen LogP contribution >= 0.6 is 0 Å². The van der Waals surface area contributed by atoms with Gasteiger partial charge in [-0.2, -0.15) is 0 Å². The molecule has 0 bridgehead atoms. The molecule has 0 aromatic rings. The second-order valence-electron chi connectivity index (χ2n) is 11.1. The van der Waals surface area contributed by atoms with Gasteiger partial charge in [0.1, 0.15) is 11.6 Å². The van der Waals surface area contributed by atoms with Crippen molar-refractivity contribution in [1.82, 2.24) is 0 Å². The van der Waals surface area contributed by atoms with Crippen molar-refractivity contribution in [1.29, 1.82) is 0 Å². The third-order valence-electron chi connectivity index (χ3n) is 7.57. The van der Waals surface area contributed by atoms with Crippen LogP contribution in [-0.4, -0.2) is 11.6 Å². The van der Waals surface area contributed by atoms with Gasteiger partial charge in [0.2, 0.25) is 0 Å². The summed E-state index contributed by atoms with van der Waals surface area (Å²) in [4.78, 5) is 22.8. The molecule has 0 radical (unpaired) electrons. The number of hydrogen-bond donors (Lipinski definition) is 0. The van der Waals surface area contributed by atoms with Gasteiger partial charge in [-0.15, -0.1) is 0 Å². The van der Waals surface area contributed by atoms with Gasteiger partial charge < -0.3 is 0 Å². The van der Waals surface area contributed by atoms with E-state index in [2.05, 4.69) is 20.8 Å². The number of unbranched alkanes of at least 4 members (excludes halogenated alkanes) is 18. The molecule has 0 spiro atoms. The van der Waals surface area contributed by atoms with Gasteiger partial charge in [-0.25, -0.2) is 0 Å². The molecule has 0 aromatic heterocycles. The summed E-state index contributed by atoms with van der Waals surface area (Å²) in [6.45, 7) is 10.7. The Balaban J connectivity index is 0. The zero-order chi connectivity index (χ0) is 27.1. The van der Waals surface area contributed by atoms with Crippen LogP contribution in [0, 0.1) is 5.92 Å². The van der Waals surface area contributed by atoms with E-state index < -0.39 is 0 Å². The normalized spacial score (nSPS) is 11.7. The van der Waals surface area contributed by atoms with Crippen molar-refractivity contribution in [3.63, 3.8) is 0 Å². The molecule has 2 heteroatoms. The minimum Gasteiger partial charge on any atom is -0.300 e. The first-order valence-electron chi connectivity index (χ1n) is 16.6. The van der Waals surface area contributed by atoms with Gasteiger partial charge in [-0.05, 0) is 19.3 Å². The van der Waals surface area contributed by atoms with Crippen molar-refractivity contribution in [3.8, 4) is 0 Å². The topological polar surface area (TPSA) is 34.1 Å². The molecule has 2 nitrogen and oxygen atoms in total. The molecular formula is C34H68O2. The molecule has 0 rings (SSSR count). The predicted octanol–water partition coefficient (Wildman–Crippen LogP) is 12.0. The van der Waals surface area contributed by atoms with Gasteiger partial charge in [0.25, 0.3) is 0 Å². The molecule has 0 aromatic carbocycles. The molecule has 0 aliphatic carbocycles. The van der Waals surface area contributed by atoms with Gasteiger partial charge in [-0.3, -0.25) is 9.59 Å². The van der Waals surface area contributed by atoms with E-state index in [4.69, 9.17) is 0 Å². The van der Waals surface area contributed by atoms with Crippen molar-refractivity contribution in [3.05, 3.63) is 0 Å². The highest BCUT2D eigenvalue weighted by Crippen LogP contribution is 2.19. The van der Waals surface area contributed by atoms with E-state index in [0.717, 1.165) is 38.5 Å². The highest BCUT2D eigenvalue weighted by molar-refractivity contribution is 5.80. The fraction of sp³-hybridized carbons (Fsp3) is 0.941. The van der Waals surface area contributed by atoms with Gasteiger partial charge >= 0.3 is 0 Å². The van der Waals surface area contributed by atoms with E-state index >= 15 is 0 Å². The zero-order valence-electron chi connectivity index (χ0n) is 25.8. The zero-order valence-corrected chi connectivity index (χ0v) is 25.8. The first-order chi connectivity index (χ1) is 17.6. The molecule has 0 aliphatic heterocycles. The van der Waals surface area contributed by atoms with Crippen molar-refractivity contribution < 1.29 is 9.59 Å². The number of carbonyl (C=O) groups is 2. The second-order valence-corrected chi connectivity index (χ2v) is 11.1. The van der Waals surface area contributed by atoms with Crippen molar-refractivity contribution in [2.75, 3.05) is 0 Å². The van der Waals surface area contributed by atoms with Crippen LogP contribution in [0.3, 0.4) is 0 Å². The number of carbonyl (C=O) groups excluding carboxylic acids is 2. The molecule has 1 atom stereocenters. The number of hydrogen-bond acceptors (Lipinski definition) is 2. The SMILES string of the molecule is CCCCCCC(CCCC)C(=O)CC.CCCCCCCCCCCCCCCCCC(=O)CC. The molecule has 0 fully saturated rings. The number of Topliss-reactive ketones (excluding diaryl/α,β-unsaturated/α-hetero) is 2. The summed E-state index contributed by atoms with van der Waals surface area (Å²) >= 11 is 0. The first-order valence-corrected chi connectivity index (χ1v) is 16.6. The molecule has 0 heterocycles. The van der Waals surface area contributed by atoms with E-state index in [-0.39, 0.29) is 0 Å². The maximum Gasteiger partial charge on any atom is 0.135 e. The Morgan fingerprint density at radius 3 is 1.17 bits per heavy atom. The molecular weight excluding hydrogens is 440 g/mol. The largest absolute Gasteiger partial charge is 0.300 e. The predicted molar refractivity (Wildman–Crippen MR) is 162 cm³/mol. The summed E-state index contributed by atoms with van der Waals surface area (Å²) in [5, 5.41) is 0. The van der Waals surface area contributed by atoms with Crippen LogP contribution in [0.4, 0.5) is 0 Å². The third kappa shape index (κ3) is 29.6. The molecule has 216 valence electrons. The van der Waals surface area contributed by atoms with E-state index in [1.807, 2.05) is 13.8 Å². The number of rotatable bonds is 27. The average Bonchev–Trinajstić information content (AvgIpc) is 2.90. The monoisotopic (exact) mass is 509 g/mol. The van der Waals surface area contributed by atoms with Crippen LogP contribution in [0.5, 0.6) is 0 Å². The smallest absolute Gasteiger partial charge is 0.135 e. The van der Waals surface area contributed by atoms with E-state index in [0.29, 0.717) is 17.5 Å². The summed E-state index contributed by atoms with van der Waals surface area (Å²) in [6.07, 6.45) is 32.9. The lowest BCUT2D eigenvalue weighted by molar-refractivity contribution is -0.123. The second kappa shape index (κ2) is 32.4. The molecule has 0 N–H and O–H groups in total. The lowest BCUT2D eigenvalue weighted by Crippen LogP contribution is -2.13. The first kappa shape index (κ1) is 37.5. The van der Waals surface area contributed by atoms with Crippen molar-refractivity contribution in [2.45, 2.75) is 202 Å². The highest BCUT2D eigenvalue weighted by Gasteiger charge is 2.15. The van der Waals surface area contributed by atoms with Crippen molar-refractivity contribution in [2.24, 2.45) is 5.92 Å². The van der Waals surface area contributed by atoms with Crippen LogP contribution in [0.1, 0.15) is 202 Å². The van der Waals surface area contributed by atoms with E-state index in [9.17, 15) is 9.59 Å². The summed E-state index contributed by atoms with van der Waals surface area (Å²) < 4.78 is 0. The lowest BCUT2D eigenvalue weighted by atomic mass is 9.90. The Hall–Kier alpha value is -0.660. The standard InChI is InChI=1S/C20H40O.C14H28O/c1-3-5-6-7-8-9-10-11-12-13-14-15-16-17-18-19-20(21)4-2;1-4-7-9-10-12-13(11-8-5-2)14(15)6-3/h3-19H2,1-2H3;13H,4-12H2,1-3H3. The molecule has 0 saturated carbocycles. The molecule has 0 amide bonds. The highest BCUT2D eigenvalue weighted by atomic mass is 16.1. The minimum atomic E-state index is 0.367. The van der Waals surface area contributed by atoms with E-state index in [1.165, 1.54) is 128 Å². The summed E-state index contributed by atoms with van der Waals surface area (Å²) in [5.41, 5.74) is 0. The van der Waals surface area contributed by atoms with Crippen molar-refractivity contribution >= 4 is 11.6 Å². The summed E-state index contributed by atoms with van der Waals surface area (Å²) in [5.74, 6) is 1.29. The Morgan fingerprint density at radius 2 is 0.778 bits per heavy atom. The quantitative estimate of drug-likeness (QED) is 0.103. The Bertz CT molecular complexity index is 442. The molecule has 0 aliphatic rings. The van der Waals surface area contributed by atoms with Gasteiger partial charge in [0.15, 0.2) is 0 Å². The number of ketones is 2. The van der Waals surface area contributed by atoms with Crippen LogP contribution < -0.4 is 0 Å². The van der Waals surface area contributed by atoms with Gasteiger partial charge in [-0.1, -0.05) is 163 Å². The fourth-order valence-electron chi connectivity index (χ4n) is 4.89. The Morgan fingerprint density at radius 1 is 0.417 bits per heavy atom. The van der Waals surface area contributed by atoms with Gasteiger partial charge in [0.05, 0.1) is 0 Å². The lowest BCUT2D eigenvalue weighted by Gasteiger charge is -2.14. The summed E-state index contributed by atoms with van der Waals surface area (Å²) in [6, 6.07) is 0. The van der Waals surface area contributed by atoms with Crippen LogP contribution in [0.25, 0.3) is 0 Å². The van der Waals surface area contributed by atoms with Gasteiger partial charge in [0, 0.05) is 25.2 Å². The fourth-order valence-corrected chi connectivity index (χ4v) is 4.89. The summed E-state index contributed by atoms with van der Waals surface area (Å²) in [7, 11) is 0. The Kier molecular flexibility index (Phi) is 33.7. The van der Waals surface area contributed by atoms with Crippen LogP contribution in [0.15, 0.2) is 0 Å². The van der Waals surface area contributed by atoms with Crippen LogP contribution in [-0.2, 0) is 9.59 Å². The molecule has 1 unspecified atom stereocenters. The minimum absolute atomic E-state index is 0.367. The Labute approximate surface area is 228 Å². The third-order valence-corrected chi connectivity index (χ3v) is 7.57. The maximum atomic E-state index is 11.7. The van der Waals surface area contributed by atoms with Crippen LogP contribution in [0.2, 0.25) is 0 Å². The molecule has 36 heavy (non-hydrogen) atoms. The molecule has 0 saturated heterocycles.